The lowest BCUT2D eigenvalue weighted by atomic mass is 10.0. The number of nitrogens with one attached hydrogen (secondary N) is 1. The number of hydrogen-bond acceptors (Lipinski definition) is 3. The van der Waals surface area contributed by atoms with E-state index in [0.717, 1.165) is 23.8 Å². The van der Waals surface area contributed by atoms with Crippen molar-refractivity contribution in [3.8, 4) is 0 Å². The van der Waals surface area contributed by atoms with E-state index in [-0.39, 0.29) is 23.9 Å². The zero-order chi connectivity index (χ0) is 18.5. The van der Waals surface area contributed by atoms with Gasteiger partial charge in [-0.3, -0.25) is 9.59 Å². The molecule has 1 N–H and O–H groups in total. The first-order chi connectivity index (χ1) is 12.6. The zero-order valence-electron chi connectivity index (χ0n) is 15.1. The van der Waals surface area contributed by atoms with E-state index in [0.29, 0.717) is 11.1 Å². The molecule has 5 nitrogen and oxygen atoms in total. The Bertz CT molecular complexity index is 964. The summed E-state index contributed by atoms with van der Waals surface area (Å²) >= 11 is 0. The number of rotatable bonds is 6. The van der Waals surface area contributed by atoms with Crippen LogP contribution in [-0.2, 0) is 18.3 Å². The summed E-state index contributed by atoms with van der Waals surface area (Å²) in [5.74, 6) is -0.0939. The molecule has 0 aliphatic rings. The number of fused-ring (bicyclic) bond motifs is 1. The van der Waals surface area contributed by atoms with Crippen LogP contribution in [0, 0.1) is 0 Å². The molecular formula is C21H23N3O2. The number of amides is 1. The van der Waals surface area contributed by atoms with Crippen molar-refractivity contribution in [3.63, 3.8) is 0 Å². The van der Waals surface area contributed by atoms with E-state index in [9.17, 15) is 9.59 Å². The minimum atomic E-state index is -0.155. The van der Waals surface area contributed by atoms with Gasteiger partial charge in [0.2, 0.25) is 5.91 Å². The summed E-state index contributed by atoms with van der Waals surface area (Å²) in [6.07, 6.45) is 1.99. The second-order valence-corrected chi connectivity index (χ2v) is 6.42. The molecule has 0 fully saturated rings. The van der Waals surface area contributed by atoms with Crippen LogP contribution in [0.3, 0.4) is 0 Å². The summed E-state index contributed by atoms with van der Waals surface area (Å²) in [6.45, 7) is 2.10. The fourth-order valence-electron chi connectivity index (χ4n) is 3.20. The number of hydrogen-bond donors (Lipinski definition) is 1. The number of aromatic nitrogens is 2. The number of aryl methyl sites for hydroxylation is 1. The Labute approximate surface area is 152 Å². The van der Waals surface area contributed by atoms with Crippen LogP contribution in [0.4, 0.5) is 0 Å². The lowest BCUT2D eigenvalue weighted by molar-refractivity contribution is -0.121. The van der Waals surface area contributed by atoms with E-state index in [4.69, 9.17) is 0 Å². The van der Waals surface area contributed by atoms with Crippen LogP contribution in [0.1, 0.15) is 37.1 Å². The Balaban J connectivity index is 1.85. The lowest BCUT2D eigenvalue weighted by Gasteiger charge is -2.19. The molecule has 3 aromatic rings. The molecule has 1 aromatic heterocycles. The fourth-order valence-corrected chi connectivity index (χ4v) is 3.20. The lowest BCUT2D eigenvalue weighted by Crippen LogP contribution is -2.31. The van der Waals surface area contributed by atoms with Gasteiger partial charge in [-0.15, -0.1) is 0 Å². The van der Waals surface area contributed by atoms with Gasteiger partial charge >= 0.3 is 0 Å². The number of carbonyl (C=O) groups is 1. The third-order valence-corrected chi connectivity index (χ3v) is 4.48. The molecule has 0 radical (unpaired) electrons. The van der Waals surface area contributed by atoms with E-state index in [2.05, 4.69) is 17.3 Å². The third kappa shape index (κ3) is 3.82. The highest BCUT2D eigenvalue weighted by molar-refractivity contribution is 5.88. The van der Waals surface area contributed by atoms with Crippen molar-refractivity contribution in [1.29, 1.82) is 0 Å². The molecule has 0 aliphatic carbocycles. The first-order valence-electron chi connectivity index (χ1n) is 8.89. The van der Waals surface area contributed by atoms with E-state index < -0.39 is 0 Å². The van der Waals surface area contributed by atoms with Crippen LogP contribution < -0.4 is 10.9 Å². The molecule has 0 saturated carbocycles. The van der Waals surface area contributed by atoms with Gasteiger partial charge in [0.15, 0.2) is 0 Å². The van der Waals surface area contributed by atoms with Gasteiger partial charge in [0, 0.05) is 12.4 Å². The Kier molecular flexibility index (Phi) is 5.46. The van der Waals surface area contributed by atoms with Crippen molar-refractivity contribution in [1.82, 2.24) is 15.1 Å². The molecule has 5 heteroatoms. The van der Waals surface area contributed by atoms with Gasteiger partial charge in [-0.25, -0.2) is 4.68 Å². The molecule has 2 aromatic carbocycles. The number of nitrogens with zero attached hydrogens (tertiary/aromatic N) is 2. The van der Waals surface area contributed by atoms with Crippen LogP contribution >= 0.6 is 0 Å². The quantitative estimate of drug-likeness (QED) is 0.744. The average molecular weight is 349 g/mol. The van der Waals surface area contributed by atoms with Crippen LogP contribution in [-0.4, -0.2) is 15.7 Å². The average Bonchev–Trinajstić information content (AvgIpc) is 2.66. The first-order valence-corrected chi connectivity index (χ1v) is 8.89. The summed E-state index contributed by atoms with van der Waals surface area (Å²) in [5.41, 5.74) is 1.56. The predicted molar refractivity (Wildman–Crippen MR) is 103 cm³/mol. The SMILES string of the molecule is CCC[C@H](NC(=O)Cc1nn(C)c(=O)c2ccccc12)c1ccccc1. The van der Waals surface area contributed by atoms with Gasteiger partial charge in [0.25, 0.3) is 5.56 Å². The van der Waals surface area contributed by atoms with Crippen molar-refractivity contribution >= 4 is 16.7 Å². The van der Waals surface area contributed by atoms with Gasteiger partial charge < -0.3 is 5.32 Å². The van der Waals surface area contributed by atoms with Gasteiger partial charge in [-0.2, -0.15) is 5.10 Å². The zero-order valence-corrected chi connectivity index (χ0v) is 15.1. The van der Waals surface area contributed by atoms with Crippen LogP contribution in [0.15, 0.2) is 59.4 Å². The molecule has 134 valence electrons. The molecular weight excluding hydrogens is 326 g/mol. The second-order valence-electron chi connectivity index (χ2n) is 6.42. The molecule has 0 saturated heterocycles. The van der Waals surface area contributed by atoms with E-state index >= 15 is 0 Å². The highest BCUT2D eigenvalue weighted by Crippen LogP contribution is 2.19. The van der Waals surface area contributed by atoms with Crippen molar-refractivity contribution in [2.24, 2.45) is 7.05 Å². The minimum Gasteiger partial charge on any atom is -0.349 e. The molecule has 3 rings (SSSR count). The summed E-state index contributed by atoms with van der Waals surface area (Å²) < 4.78 is 1.30. The Hall–Kier alpha value is -2.95. The number of benzene rings is 2. The highest BCUT2D eigenvalue weighted by Gasteiger charge is 2.16. The standard InChI is InChI=1S/C21H23N3O2/c1-3-9-18(15-10-5-4-6-11-15)22-20(25)14-19-16-12-7-8-13-17(16)21(26)24(2)23-19/h4-8,10-13,18H,3,9,14H2,1-2H3,(H,22,25)/t18-/m0/s1. The Morgan fingerprint density at radius 2 is 1.73 bits per heavy atom. The largest absolute Gasteiger partial charge is 0.349 e. The van der Waals surface area contributed by atoms with Gasteiger partial charge in [-0.1, -0.05) is 61.9 Å². The fraction of sp³-hybridized carbons (Fsp3) is 0.286. The molecule has 26 heavy (non-hydrogen) atoms. The summed E-state index contributed by atoms with van der Waals surface area (Å²) in [4.78, 5) is 24.9. The molecule has 1 heterocycles. The summed E-state index contributed by atoms with van der Waals surface area (Å²) in [7, 11) is 1.61. The maximum Gasteiger partial charge on any atom is 0.274 e. The minimum absolute atomic E-state index is 0.0208. The molecule has 1 atom stereocenters. The van der Waals surface area contributed by atoms with Crippen molar-refractivity contribution in [2.75, 3.05) is 0 Å². The van der Waals surface area contributed by atoms with Gasteiger partial charge in [0.1, 0.15) is 0 Å². The highest BCUT2D eigenvalue weighted by atomic mass is 16.1. The van der Waals surface area contributed by atoms with Crippen molar-refractivity contribution in [2.45, 2.75) is 32.2 Å². The van der Waals surface area contributed by atoms with Gasteiger partial charge in [0.05, 0.1) is 23.5 Å². The van der Waals surface area contributed by atoms with Crippen molar-refractivity contribution in [3.05, 3.63) is 76.2 Å². The summed E-state index contributed by atoms with van der Waals surface area (Å²) in [5, 5.41) is 8.74. The molecule has 1 amide bonds. The van der Waals surface area contributed by atoms with Crippen molar-refractivity contribution < 1.29 is 4.79 Å². The van der Waals surface area contributed by atoms with Crippen LogP contribution in [0.5, 0.6) is 0 Å². The third-order valence-electron chi connectivity index (χ3n) is 4.48. The Morgan fingerprint density at radius 1 is 1.08 bits per heavy atom. The van der Waals surface area contributed by atoms with Crippen LogP contribution in [0.25, 0.3) is 10.8 Å². The van der Waals surface area contributed by atoms with E-state index in [1.54, 1.807) is 13.1 Å². The monoisotopic (exact) mass is 349 g/mol. The van der Waals surface area contributed by atoms with E-state index in [1.165, 1.54) is 4.68 Å². The normalized spacial score (nSPS) is 12.1. The predicted octanol–water partition coefficient (Wildman–Crippen LogP) is 3.13. The smallest absolute Gasteiger partial charge is 0.274 e. The maximum atomic E-state index is 12.7. The molecule has 0 unspecified atom stereocenters. The van der Waals surface area contributed by atoms with E-state index in [1.807, 2.05) is 48.5 Å². The molecule has 0 bridgehead atoms. The molecule has 0 aliphatic heterocycles. The van der Waals surface area contributed by atoms with Gasteiger partial charge in [-0.05, 0) is 18.1 Å². The van der Waals surface area contributed by atoms with Crippen LogP contribution in [0.2, 0.25) is 0 Å². The first kappa shape index (κ1) is 17.9. The summed E-state index contributed by atoms with van der Waals surface area (Å²) in [6, 6.07) is 17.2. The molecule has 0 spiro atoms. The second kappa shape index (κ2) is 7.95. The number of carbonyl (C=O) groups excluding carboxylic acids is 1. The Morgan fingerprint density at radius 3 is 2.42 bits per heavy atom. The maximum absolute atomic E-state index is 12.7. The topological polar surface area (TPSA) is 64.0 Å².